The number of carbonyl (C=O) groups excluding carboxylic acids is 2. The molecule has 0 spiro atoms. The van der Waals surface area contributed by atoms with E-state index in [1.54, 1.807) is 5.06 Å². The van der Waals surface area contributed by atoms with Crippen LogP contribution >= 0.6 is 0 Å². The molecule has 152 valence electrons. The largest absolute Gasteiger partial charge is 0.469 e. The van der Waals surface area contributed by atoms with E-state index in [4.69, 9.17) is 14.3 Å². The van der Waals surface area contributed by atoms with Gasteiger partial charge in [0.1, 0.15) is 12.1 Å². The topological polar surface area (TPSA) is 68.3 Å². The molecule has 2 aromatic rings. The fraction of sp³-hybridized carbons (Fsp3) is 0.364. The number of ether oxygens (including phenoxy) is 2. The van der Waals surface area contributed by atoms with Crippen LogP contribution in [0.2, 0.25) is 0 Å². The van der Waals surface area contributed by atoms with Crippen molar-refractivity contribution in [2.45, 2.75) is 24.9 Å². The highest BCUT2D eigenvalue weighted by molar-refractivity contribution is 5.85. The standard InChI is InChI=1S/C22H24N2O5/c1-27-21(25)18-19(22(26)28-2)29-24-17(16-11-7-4-8-12-16)14-23(20(18)24)13-15-9-5-3-6-10-15/h3-12,17-20H,13-14H2,1-2H3/t17-,18+,19+,20+/m1/s1. The number of esters is 2. The van der Waals surface area contributed by atoms with Gasteiger partial charge in [0.05, 0.1) is 20.3 Å². The Labute approximate surface area is 169 Å². The van der Waals surface area contributed by atoms with E-state index in [0.29, 0.717) is 13.1 Å². The summed E-state index contributed by atoms with van der Waals surface area (Å²) in [6, 6.07) is 19.8. The Morgan fingerprint density at radius 2 is 1.59 bits per heavy atom. The molecular formula is C22H24N2O5. The van der Waals surface area contributed by atoms with Crippen LogP contribution in [-0.2, 0) is 30.4 Å². The maximum Gasteiger partial charge on any atom is 0.338 e. The van der Waals surface area contributed by atoms with Crippen LogP contribution in [0.1, 0.15) is 17.2 Å². The molecule has 0 saturated carbocycles. The maximum atomic E-state index is 12.7. The zero-order valence-corrected chi connectivity index (χ0v) is 16.4. The van der Waals surface area contributed by atoms with E-state index in [9.17, 15) is 9.59 Å². The molecule has 2 fully saturated rings. The SMILES string of the molecule is COC(=O)[C@H]1[C@@H](C(=O)OC)ON2[C@@H](c3ccccc3)CN(Cc3ccccc3)[C@H]12. The zero-order valence-electron chi connectivity index (χ0n) is 16.4. The summed E-state index contributed by atoms with van der Waals surface area (Å²) >= 11 is 0. The predicted molar refractivity (Wildman–Crippen MR) is 104 cm³/mol. The first-order chi connectivity index (χ1) is 14.1. The third-order valence-electron chi connectivity index (χ3n) is 5.55. The van der Waals surface area contributed by atoms with E-state index < -0.39 is 30.1 Å². The molecule has 0 N–H and O–H groups in total. The van der Waals surface area contributed by atoms with Crippen molar-refractivity contribution in [2.24, 2.45) is 5.92 Å². The van der Waals surface area contributed by atoms with Crippen LogP contribution in [0.15, 0.2) is 60.7 Å². The third kappa shape index (κ3) is 3.64. The Morgan fingerprint density at radius 1 is 0.966 bits per heavy atom. The van der Waals surface area contributed by atoms with Gasteiger partial charge in [0.15, 0.2) is 6.10 Å². The molecule has 2 heterocycles. The summed E-state index contributed by atoms with van der Waals surface area (Å²) in [6.45, 7) is 1.28. The van der Waals surface area contributed by atoms with Gasteiger partial charge < -0.3 is 9.47 Å². The summed E-state index contributed by atoms with van der Waals surface area (Å²) < 4.78 is 9.93. The lowest BCUT2D eigenvalue weighted by Crippen LogP contribution is -2.45. The summed E-state index contributed by atoms with van der Waals surface area (Å²) in [5.74, 6) is -1.87. The van der Waals surface area contributed by atoms with E-state index in [1.807, 2.05) is 60.7 Å². The molecular weight excluding hydrogens is 372 g/mol. The van der Waals surface area contributed by atoms with Crippen molar-refractivity contribution in [1.82, 2.24) is 9.96 Å². The molecule has 7 heteroatoms. The number of rotatable bonds is 5. The predicted octanol–water partition coefficient (Wildman–Crippen LogP) is 2.15. The average Bonchev–Trinajstić information content (AvgIpc) is 3.32. The molecule has 0 bridgehead atoms. The molecule has 2 aliphatic heterocycles. The number of fused-ring (bicyclic) bond motifs is 1. The first-order valence-corrected chi connectivity index (χ1v) is 9.57. The second-order valence-corrected chi connectivity index (χ2v) is 7.21. The van der Waals surface area contributed by atoms with Crippen molar-refractivity contribution < 1.29 is 23.9 Å². The highest BCUT2D eigenvalue weighted by Gasteiger charge is 2.59. The highest BCUT2D eigenvalue weighted by atomic mass is 16.7. The van der Waals surface area contributed by atoms with Crippen LogP contribution in [0.4, 0.5) is 0 Å². The van der Waals surface area contributed by atoms with E-state index in [0.717, 1.165) is 11.1 Å². The number of benzene rings is 2. The monoisotopic (exact) mass is 396 g/mol. The van der Waals surface area contributed by atoms with E-state index in [1.165, 1.54) is 14.2 Å². The van der Waals surface area contributed by atoms with Gasteiger partial charge >= 0.3 is 11.9 Å². The number of hydrogen-bond donors (Lipinski definition) is 0. The lowest BCUT2D eigenvalue weighted by atomic mass is 9.99. The number of carbonyl (C=O) groups is 2. The molecule has 4 rings (SSSR count). The molecule has 0 amide bonds. The lowest BCUT2D eigenvalue weighted by molar-refractivity contribution is -0.197. The molecule has 7 nitrogen and oxygen atoms in total. The summed E-state index contributed by atoms with van der Waals surface area (Å²) in [6.07, 6.45) is -1.47. The van der Waals surface area contributed by atoms with Crippen molar-refractivity contribution in [3.8, 4) is 0 Å². The van der Waals surface area contributed by atoms with E-state index in [-0.39, 0.29) is 6.04 Å². The summed E-state index contributed by atoms with van der Waals surface area (Å²) in [7, 11) is 2.62. The van der Waals surface area contributed by atoms with Gasteiger partial charge in [0.25, 0.3) is 0 Å². The molecule has 0 aliphatic carbocycles. The first-order valence-electron chi connectivity index (χ1n) is 9.57. The van der Waals surface area contributed by atoms with Crippen LogP contribution in [-0.4, -0.2) is 54.9 Å². The quantitative estimate of drug-likeness (QED) is 0.718. The van der Waals surface area contributed by atoms with Gasteiger partial charge in [-0.05, 0) is 11.1 Å². The second-order valence-electron chi connectivity index (χ2n) is 7.21. The van der Waals surface area contributed by atoms with Crippen molar-refractivity contribution in [1.29, 1.82) is 0 Å². The van der Waals surface area contributed by atoms with Crippen molar-refractivity contribution in [3.63, 3.8) is 0 Å². The Balaban J connectivity index is 1.71. The molecule has 29 heavy (non-hydrogen) atoms. The molecule has 2 aliphatic rings. The van der Waals surface area contributed by atoms with Crippen LogP contribution in [0.5, 0.6) is 0 Å². The van der Waals surface area contributed by atoms with Crippen molar-refractivity contribution >= 4 is 11.9 Å². The number of methoxy groups -OCH3 is 2. The Morgan fingerprint density at radius 3 is 2.21 bits per heavy atom. The molecule has 2 aromatic carbocycles. The normalized spacial score (nSPS) is 26.8. The Bertz CT molecular complexity index is 860. The van der Waals surface area contributed by atoms with Gasteiger partial charge in [-0.3, -0.25) is 14.5 Å². The second kappa shape index (κ2) is 8.32. The Hall–Kier alpha value is -2.74. The maximum absolute atomic E-state index is 12.7. The van der Waals surface area contributed by atoms with Gasteiger partial charge in [-0.1, -0.05) is 60.7 Å². The summed E-state index contributed by atoms with van der Waals surface area (Å²) in [4.78, 5) is 33.2. The van der Waals surface area contributed by atoms with Gasteiger partial charge in [-0.2, -0.15) is 5.06 Å². The van der Waals surface area contributed by atoms with Crippen LogP contribution in [0.3, 0.4) is 0 Å². The molecule has 0 aromatic heterocycles. The fourth-order valence-electron chi connectivity index (χ4n) is 4.22. The molecule has 2 saturated heterocycles. The third-order valence-corrected chi connectivity index (χ3v) is 5.55. The van der Waals surface area contributed by atoms with Gasteiger partial charge in [-0.25, -0.2) is 4.79 Å². The summed E-state index contributed by atoms with van der Waals surface area (Å²) in [5.41, 5.74) is 2.17. The smallest absolute Gasteiger partial charge is 0.338 e. The average molecular weight is 396 g/mol. The van der Waals surface area contributed by atoms with Crippen LogP contribution < -0.4 is 0 Å². The molecule has 0 radical (unpaired) electrons. The number of nitrogens with zero attached hydrogens (tertiary/aromatic N) is 2. The molecule has 4 atom stereocenters. The molecule has 0 unspecified atom stereocenters. The van der Waals surface area contributed by atoms with Gasteiger partial charge in [0.2, 0.25) is 0 Å². The Kier molecular flexibility index (Phi) is 5.62. The minimum Gasteiger partial charge on any atom is -0.469 e. The van der Waals surface area contributed by atoms with Crippen LogP contribution in [0, 0.1) is 5.92 Å². The first kappa shape index (κ1) is 19.6. The van der Waals surface area contributed by atoms with Crippen LogP contribution in [0.25, 0.3) is 0 Å². The minimum atomic E-state index is -1.04. The minimum absolute atomic E-state index is 0.119. The van der Waals surface area contributed by atoms with Gasteiger partial charge in [0, 0.05) is 13.1 Å². The van der Waals surface area contributed by atoms with Crippen molar-refractivity contribution in [3.05, 3.63) is 71.8 Å². The highest BCUT2D eigenvalue weighted by Crippen LogP contribution is 2.44. The number of hydrogen-bond acceptors (Lipinski definition) is 7. The van der Waals surface area contributed by atoms with E-state index in [2.05, 4.69) is 4.90 Å². The summed E-state index contributed by atoms with van der Waals surface area (Å²) in [5, 5.41) is 1.77. The fourth-order valence-corrected chi connectivity index (χ4v) is 4.22. The van der Waals surface area contributed by atoms with E-state index >= 15 is 0 Å². The van der Waals surface area contributed by atoms with Crippen molar-refractivity contribution in [2.75, 3.05) is 20.8 Å². The lowest BCUT2D eigenvalue weighted by Gasteiger charge is -2.26. The zero-order chi connectivity index (χ0) is 20.4. The number of hydroxylamine groups is 2. The van der Waals surface area contributed by atoms with Gasteiger partial charge in [-0.15, -0.1) is 0 Å².